The SMILES string of the molecule is Cn1nc(C(F)(F)F)c(Cl)c1C(=O)Nc1c(C(N)=O)sc2nc(C(F)(F)F)cc(-c3ccco3)c12. The van der Waals surface area contributed by atoms with Gasteiger partial charge in [-0.05, 0) is 18.2 Å². The third-order valence-electron chi connectivity index (χ3n) is 4.67. The molecule has 0 saturated carbocycles. The number of alkyl halides is 6. The van der Waals surface area contributed by atoms with Crippen LogP contribution in [-0.4, -0.2) is 26.6 Å². The van der Waals surface area contributed by atoms with E-state index in [-0.39, 0.29) is 27.2 Å². The van der Waals surface area contributed by atoms with Gasteiger partial charge in [-0.3, -0.25) is 14.3 Å². The number of hydrogen-bond acceptors (Lipinski definition) is 6. The quantitative estimate of drug-likeness (QED) is 0.341. The van der Waals surface area contributed by atoms with Gasteiger partial charge in [-0.15, -0.1) is 11.3 Å². The highest BCUT2D eigenvalue weighted by Gasteiger charge is 2.40. The molecule has 3 N–H and O–H groups in total. The van der Waals surface area contributed by atoms with Gasteiger partial charge in [-0.1, -0.05) is 11.6 Å². The number of thiophene rings is 1. The minimum Gasteiger partial charge on any atom is -0.464 e. The van der Waals surface area contributed by atoms with Crippen LogP contribution in [0.5, 0.6) is 0 Å². The number of furan rings is 1. The maximum absolute atomic E-state index is 13.5. The van der Waals surface area contributed by atoms with Crippen molar-refractivity contribution in [3.63, 3.8) is 0 Å². The number of carbonyl (C=O) groups is 2. The van der Waals surface area contributed by atoms with Gasteiger partial charge in [-0.25, -0.2) is 4.98 Å². The minimum atomic E-state index is -4.97. The molecule has 0 aliphatic heterocycles. The lowest BCUT2D eigenvalue weighted by Gasteiger charge is -2.11. The van der Waals surface area contributed by atoms with Gasteiger partial charge in [0.25, 0.3) is 11.8 Å². The number of aromatic nitrogens is 3. The molecule has 0 spiro atoms. The molecule has 0 radical (unpaired) electrons. The number of aryl methyl sites for hydroxylation is 1. The Morgan fingerprint density at radius 2 is 1.89 bits per heavy atom. The summed E-state index contributed by atoms with van der Waals surface area (Å²) in [6, 6.07) is 3.37. The first-order chi connectivity index (χ1) is 16.2. The van der Waals surface area contributed by atoms with E-state index in [9.17, 15) is 35.9 Å². The summed E-state index contributed by atoms with van der Waals surface area (Å²) in [6.07, 6.45) is -8.65. The minimum absolute atomic E-state index is 0.0647. The fourth-order valence-electron chi connectivity index (χ4n) is 3.26. The molecule has 0 fully saturated rings. The fourth-order valence-corrected chi connectivity index (χ4v) is 4.62. The number of hydrogen-bond donors (Lipinski definition) is 2. The molecule has 0 saturated heterocycles. The highest BCUT2D eigenvalue weighted by atomic mass is 35.5. The molecule has 4 aromatic heterocycles. The molecule has 0 unspecified atom stereocenters. The van der Waals surface area contributed by atoms with Crippen LogP contribution in [0.25, 0.3) is 21.5 Å². The molecule has 0 aliphatic rings. The van der Waals surface area contributed by atoms with Crippen molar-refractivity contribution in [2.75, 3.05) is 5.32 Å². The highest BCUT2D eigenvalue weighted by Crippen LogP contribution is 2.44. The monoisotopic (exact) mass is 537 g/mol. The van der Waals surface area contributed by atoms with Crippen molar-refractivity contribution in [2.24, 2.45) is 12.8 Å². The molecule has 4 rings (SSSR count). The lowest BCUT2D eigenvalue weighted by Crippen LogP contribution is -2.19. The topological polar surface area (TPSA) is 116 Å². The summed E-state index contributed by atoms with van der Waals surface area (Å²) in [5.41, 5.74) is 1.24. The van der Waals surface area contributed by atoms with Crippen LogP contribution in [0, 0.1) is 0 Å². The molecule has 4 heterocycles. The van der Waals surface area contributed by atoms with E-state index < -0.39 is 51.1 Å². The van der Waals surface area contributed by atoms with E-state index in [0.717, 1.165) is 7.05 Å². The number of fused-ring (bicyclic) bond motifs is 1. The number of nitrogens with two attached hydrogens (primary N) is 1. The van der Waals surface area contributed by atoms with Crippen LogP contribution in [0.1, 0.15) is 31.5 Å². The summed E-state index contributed by atoms with van der Waals surface area (Å²) in [7, 11) is 1.03. The number of anilines is 1. The molecule has 0 bridgehead atoms. The van der Waals surface area contributed by atoms with Gasteiger partial charge in [0.1, 0.15) is 31.9 Å². The van der Waals surface area contributed by atoms with Crippen LogP contribution in [0.4, 0.5) is 32.0 Å². The van der Waals surface area contributed by atoms with Gasteiger partial charge in [0.05, 0.1) is 12.0 Å². The predicted octanol–water partition coefficient (Wildman–Crippen LogP) is 5.33. The van der Waals surface area contributed by atoms with E-state index in [4.69, 9.17) is 21.8 Å². The molecule has 0 aliphatic carbocycles. The Morgan fingerprint density at radius 3 is 2.40 bits per heavy atom. The van der Waals surface area contributed by atoms with Gasteiger partial charge in [-0.2, -0.15) is 31.4 Å². The second-order valence-corrected chi connectivity index (χ2v) is 8.34. The van der Waals surface area contributed by atoms with E-state index in [1.807, 2.05) is 0 Å². The zero-order valence-electron chi connectivity index (χ0n) is 17.0. The first-order valence-corrected chi connectivity index (χ1v) is 10.4. The van der Waals surface area contributed by atoms with Crippen molar-refractivity contribution < 1.29 is 40.3 Å². The van der Waals surface area contributed by atoms with Gasteiger partial charge in [0.2, 0.25) is 0 Å². The van der Waals surface area contributed by atoms with E-state index in [2.05, 4.69) is 15.4 Å². The Kier molecular flexibility index (Phi) is 5.79. The molecule has 0 atom stereocenters. The Balaban J connectivity index is 1.94. The first-order valence-electron chi connectivity index (χ1n) is 9.19. The number of nitrogens with zero attached hydrogens (tertiary/aromatic N) is 3. The summed E-state index contributed by atoms with van der Waals surface area (Å²) in [6.45, 7) is 0. The summed E-state index contributed by atoms with van der Waals surface area (Å²) < 4.78 is 85.6. The van der Waals surface area contributed by atoms with Crippen LogP contribution in [0.15, 0.2) is 28.9 Å². The Hall–Kier alpha value is -3.59. The number of nitrogens with one attached hydrogen (secondary N) is 1. The molecular formula is C19H10ClF6N5O3S. The van der Waals surface area contributed by atoms with Crippen LogP contribution >= 0.6 is 22.9 Å². The molecule has 8 nitrogen and oxygen atoms in total. The molecule has 35 heavy (non-hydrogen) atoms. The lowest BCUT2D eigenvalue weighted by atomic mass is 10.1. The fraction of sp³-hybridized carbons (Fsp3) is 0.158. The Morgan fingerprint density at radius 1 is 1.20 bits per heavy atom. The van der Waals surface area contributed by atoms with Crippen molar-refractivity contribution in [1.82, 2.24) is 14.8 Å². The number of halogens is 7. The van der Waals surface area contributed by atoms with Crippen LogP contribution < -0.4 is 11.1 Å². The third kappa shape index (κ3) is 4.32. The van der Waals surface area contributed by atoms with E-state index >= 15 is 0 Å². The smallest absolute Gasteiger partial charge is 0.436 e. The van der Waals surface area contributed by atoms with Crippen LogP contribution in [-0.2, 0) is 19.4 Å². The maximum atomic E-state index is 13.5. The Labute approximate surface area is 199 Å². The lowest BCUT2D eigenvalue weighted by molar-refractivity contribution is -0.141. The highest BCUT2D eigenvalue weighted by molar-refractivity contribution is 7.21. The van der Waals surface area contributed by atoms with Crippen molar-refractivity contribution in [3.8, 4) is 11.3 Å². The van der Waals surface area contributed by atoms with Crippen molar-refractivity contribution in [1.29, 1.82) is 0 Å². The number of rotatable bonds is 4. The van der Waals surface area contributed by atoms with Crippen molar-refractivity contribution >= 4 is 50.7 Å². The number of pyridine rings is 1. The van der Waals surface area contributed by atoms with Gasteiger partial charge in [0.15, 0.2) is 5.69 Å². The molecule has 0 aromatic carbocycles. The summed E-state index contributed by atoms with van der Waals surface area (Å²) in [5.74, 6) is -2.42. The molecule has 2 amide bonds. The largest absolute Gasteiger partial charge is 0.464 e. The van der Waals surface area contributed by atoms with Gasteiger partial charge >= 0.3 is 12.4 Å². The molecule has 184 valence electrons. The molecule has 4 aromatic rings. The molecule has 16 heteroatoms. The second-order valence-electron chi connectivity index (χ2n) is 6.97. The Bertz CT molecular complexity index is 1470. The summed E-state index contributed by atoms with van der Waals surface area (Å²) in [5, 5.41) is 4.28. The van der Waals surface area contributed by atoms with Crippen LogP contribution in [0.3, 0.4) is 0 Å². The third-order valence-corrected chi connectivity index (χ3v) is 6.13. The normalized spacial score (nSPS) is 12.3. The summed E-state index contributed by atoms with van der Waals surface area (Å²) in [4.78, 5) is 27.8. The second kappa shape index (κ2) is 8.27. The van der Waals surface area contributed by atoms with Gasteiger partial charge in [0, 0.05) is 18.0 Å². The summed E-state index contributed by atoms with van der Waals surface area (Å²) >= 11 is 6.20. The number of amides is 2. The predicted molar refractivity (Wildman–Crippen MR) is 112 cm³/mol. The average molecular weight is 538 g/mol. The standard InChI is InChI=1S/C19H10ClF6N5O3S/c1-31-12(10(20)14(30-31)19(24,25)26)16(33)29-11-9-6(7-3-2-4-34-7)5-8(18(21,22)23)28-17(9)35-13(11)15(27)32/h2-5H,1H3,(H2,27,32)(H,29,33). The molecular weight excluding hydrogens is 528 g/mol. The maximum Gasteiger partial charge on any atom is 0.436 e. The van der Waals surface area contributed by atoms with Crippen molar-refractivity contribution in [3.05, 3.63) is 51.4 Å². The number of carbonyl (C=O) groups excluding carboxylic acids is 2. The number of primary amides is 1. The first kappa shape index (κ1) is 24.5. The van der Waals surface area contributed by atoms with E-state index in [0.29, 0.717) is 22.1 Å². The van der Waals surface area contributed by atoms with Crippen LogP contribution in [0.2, 0.25) is 5.02 Å². The van der Waals surface area contributed by atoms with Gasteiger partial charge < -0.3 is 15.5 Å². The zero-order chi connectivity index (χ0) is 25.9. The zero-order valence-corrected chi connectivity index (χ0v) is 18.6. The van der Waals surface area contributed by atoms with Crippen molar-refractivity contribution in [2.45, 2.75) is 12.4 Å². The average Bonchev–Trinajstić information content (AvgIpc) is 3.44. The van der Waals surface area contributed by atoms with E-state index in [1.54, 1.807) is 0 Å². The van der Waals surface area contributed by atoms with E-state index in [1.165, 1.54) is 18.4 Å².